The lowest BCUT2D eigenvalue weighted by Crippen LogP contribution is -2.09. The highest BCUT2D eigenvalue weighted by atomic mass is 16.5. The van der Waals surface area contributed by atoms with Crippen LogP contribution in [0.1, 0.15) is 0 Å². The van der Waals surface area contributed by atoms with Gasteiger partial charge in [-0.2, -0.15) is 0 Å². The standard InChI is InChI=1S/C11H13NO4/c1-8(12)6-15-9-2-4-10(5-3-9)16-7-11(13)14/h2-5H,1,6-7,12H2,(H,13,14). The number of benzene rings is 1. The van der Waals surface area contributed by atoms with Crippen LogP contribution in [0.25, 0.3) is 0 Å². The summed E-state index contributed by atoms with van der Waals surface area (Å²) in [6, 6.07) is 6.58. The molecule has 16 heavy (non-hydrogen) atoms. The molecule has 1 aromatic carbocycles. The Morgan fingerprint density at radius 2 is 1.62 bits per heavy atom. The Balaban J connectivity index is 2.47. The number of aliphatic carboxylic acids is 1. The van der Waals surface area contributed by atoms with Crippen LogP contribution in [0.3, 0.4) is 0 Å². The van der Waals surface area contributed by atoms with Crippen molar-refractivity contribution >= 4 is 5.97 Å². The molecule has 0 aliphatic carbocycles. The van der Waals surface area contributed by atoms with E-state index in [9.17, 15) is 4.79 Å². The number of rotatable bonds is 6. The van der Waals surface area contributed by atoms with Gasteiger partial charge in [-0.1, -0.05) is 6.58 Å². The molecular formula is C11H13NO4. The third-order valence-corrected chi connectivity index (χ3v) is 1.61. The normalized spacial score (nSPS) is 9.50. The van der Waals surface area contributed by atoms with E-state index in [1.54, 1.807) is 24.3 Å². The summed E-state index contributed by atoms with van der Waals surface area (Å²) in [6.45, 7) is 3.38. The van der Waals surface area contributed by atoms with E-state index in [1.807, 2.05) is 0 Å². The summed E-state index contributed by atoms with van der Waals surface area (Å²) < 4.78 is 10.2. The van der Waals surface area contributed by atoms with Crippen LogP contribution in [-0.4, -0.2) is 24.3 Å². The first-order valence-electron chi connectivity index (χ1n) is 4.58. The van der Waals surface area contributed by atoms with Crippen molar-refractivity contribution in [3.8, 4) is 11.5 Å². The molecule has 5 heteroatoms. The number of carboxylic acid groups (broad SMARTS) is 1. The van der Waals surface area contributed by atoms with Crippen molar-refractivity contribution in [1.82, 2.24) is 0 Å². The lowest BCUT2D eigenvalue weighted by atomic mass is 10.3. The van der Waals surface area contributed by atoms with E-state index < -0.39 is 5.97 Å². The Morgan fingerprint density at radius 1 is 1.19 bits per heavy atom. The fourth-order valence-corrected chi connectivity index (χ4v) is 0.953. The summed E-state index contributed by atoms with van der Waals surface area (Å²) in [5, 5.41) is 8.40. The van der Waals surface area contributed by atoms with Gasteiger partial charge in [0.05, 0.1) is 0 Å². The number of carbonyl (C=O) groups is 1. The van der Waals surface area contributed by atoms with Crippen molar-refractivity contribution in [2.24, 2.45) is 5.73 Å². The molecule has 0 aromatic heterocycles. The van der Waals surface area contributed by atoms with Crippen molar-refractivity contribution in [1.29, 1.82) is 0 Å². The summed E-state index contributed by atoms with van der Waals surface area (Å²) in [7, 11) is 0. The zero-order valence-corrected chi connectivity index (χ0v) is 8.68. The summed E-state index contributed by atoms with van der Waals surface area (Å²) in [4.78, 5) is 10.2. The minimum absolute atomic E-state index is 0.245. The minimum Gasteiger partial charge on any atom is -0.487 e. The van der Waals surface area contributed by atoms with Gasteiger partial charge >= 0.3 is 5.97 Å². The zero-order chi connectivity index (χ0) is 12.0. The molecule has 5 nitrogen and oxygen atoms in total. The average Bonchev–Trinajstić information content (AvgIpc) is 2.25. The fourth-order valence-electron chi connectivity index (χ4n) is 0.953. The maximum atomic E-state index is 10.2. The van der Waals surface area contributed by atoms with Crippen molar-refractivity contribution in [3.63, 3.8) is 0 Å². The summed E-state index contributed by atoms with van der Waals surface area (Å²) in [5.41, 5.74) is 5.78. The Morgan fingerprint density at radius 3 is 2.00 bits per heavy atom. The van der Waals surface area contributed by atoms with E-state index >= 15 is 0 Å². The molecule has 0 radical (unpaired) electrons. The largest absolute Gasteiger partial charge is 0.487 e. The highest BCUT2D eigenvalue weighted by molar-refractivity contribution is 5.68. The second kappa shape index (κ2) is 5.65. The molecule has 0 bridgehead atoms. The van der Waals surface area contributed by atoms with Crippen LogP contribution in [0.2, 0.25) is 0 Å². The van der Waals surface area contributed by atoms with E-state index in [0.717, 1.165) is 0 Å². The van der Waals surface area contributed by atoms with Crippen LogP contribution < -0.4 is 15.2 Å². The SMILES string of the molecule is C=C(N)COc1ccc(OCC(=O)O)cc1. The van der Waals surface area contributed by atoms with E-state index in [2.05, 4.69) is 6.58 Å². The predicted octanol–water partition coefficient (Wildman–Crippen LogP) is 1.00. The second-order valence-corrected chi connectivity index (χ2v) is 3.10. The molecule has 0 saturated heterocycles. The van der Waals surface area contributed by atoms with Crippen LogP contribution in [-0.2, 0) is 4.79 Å². The first-order chi connectivity index (χ1) is 7.58. The highest BCUT2D eigenvalue weighted by Crippen LogP contribution is 2.17. The molecule has 0 heterocycles. The van der Waals surface area contributed by atoms with Gasteiger partial charge in [0.25, 0.3) is 0 Å². The number of ether oxygens (including phenoxy) is 2. The molecule has 1 rings (SSSR count). The molecule has 0 unspecified atom stereocenters. The molecule has 3 N–H and O–H groups in total. The molecule has 0 saturated carbocycles. The lowest BCUT2D eigenvalue weighted by Gasteiger charge is -2.07. The molecule has 0 atom stereocenters. The third kappa shape index (κ3) is 4.36. The van der Waals surface area contributed by atoms with Gasteiger partial charge in [-0.05, 0) is 24.3 Å². The Bertz CT molecular complexity index is 335. The van der Waals surface area contributed by atoms with Gasteiger partial charge in [-0.15, -0.1) is 0 Å². The number of hydrogen-bond acceptors (Lipinski definition) is 4. The molecule has 0 fully saturated rings. The van der Waals surface area contributed by atoms with Crippen molar-refractivity contribution in [3.05, 3.63) is 36.5 Å². The predicted molar refractivity (Wildman–Crippen MR) is 58.4 cm³/mol. The maximum Gasteiger partial charge on any atom is 0.341 e. The van der Waals surface area contributed by atoms with Gasteiger partial charge < -0.3 is 20.3 Å². The maximum absolute atomic E-state index is 10.2. The van der Waals surface area contributed by atoms with E-state index in [-0.39, 0.29) is 13.2 Å². The number of carboxylic acids is 1. The van der Waals surface area contributed by atoms with Crippen molar-refractivity contribution in [2.45, 2.75) is 0 Å². The summed E-state index contributed by atoms with van der Waals surface area (Å²) in [6.07, 6.45) is 0. The minimum atomic E-state index is -1.01. The van der Waals surface area contributed by atoms with Gasteiger partial charge in [0.2, 0.25) is 0 Å². The molecule has 0 aliphatic rings. The van der Waals surface area contributed by atoms with E-state index in [4.69, 9.17) is 20.3 Å². The van der Waals surface area contributed by atoms with Gasteiger partial charge in [0, 0.05) is 5.70 Å². The van der Waals surface area contributed by atoms with Crippen LogP contribution in [0.15, 0.2) is 36.5 Å². The van der Waals surface area contributed by atoms with Crippen molar-refractivity contribution in [2.75, 3.05) is 13.2 Å². The van der Waals surface area contributed by atoms with E-state index in [1.165, 1.54) is 0 Å². The summed E-state index contributed by atoms with van der Waals surface area (Å²) >= 11 is 0. The Labute approximate surface area is 93.1 Å². The highest BCUT2D eigenvalue weighted by Gasteiger charge is 1.99. The van der Waals surface area contributed by atoms with Gasteiger partial charge in [0.1, 0.15) is 18.1 Å². The number of hydrogen-bond donors (Lipinski definition) is 2. The van der Waals surface area contributed by atoms with Gasteiger partial charge in [0.15, 0.2) is 6.61 Å². The van der Waals surface area contributed by atoms with Gasteiger partial charge in [-0.3, -0.25) is 0 Å². The number of nitrogens with two attached hydrogens (primary N) is 1. The van der Waals surface area contributed by atoms with Crippen LogP contribution in [0, 0.1) is 0 Å². The summed E-state index contributed by atoms with van der Waals surface area (Å²) in [5.74, 6) is 0.0790. The smallest absolute Gasteiger partial charge is 0.341 e. The van der Waals surface area contributed by atoms with Gasteiger partial charge in [-0.25, -0.2) is 4.79 Å². The van der Waals surface area contributed by atoms with Crippen LogP contribution in [0.5, 0.6) is 11.5 Å². The quantitative estimate of drug-likeness (QED) is 0.751. The monoisotopic (exact) mass is 223 g/mol. The third-order valence-electron chi connectivity index (χ3n) is 1.61. The topological polar surface area (TPSA) is 81.8 Å². The fraction of sp³-hybridized carbons (Fsp3) is 0.182. The molecule has 1 aromatic rings. The first-order valence-corrected chi connectivity index (χ1v) is 4.58. The Hall–Kier alpha value is -2.17. The molecule has 0 spiro atoms. The molecular weight excluding hydrogens is 210 g/mol. The Kier molecular flexibility index (Phi) is 4.20. The second-order valence-electron chi connectivity index (χ2n) is 3.10. The lowest BCUT2D eigenvalue weighted by molar-refractivity contribution is -0.139. The molecule has 0 amide bonds. The van der Waals surface area contributed by atoms with Crippen LogP contribution >= 0.6 is 0 Å². The van der Waals surface area contributed by atoms with E-state index in [0.29, 0.717) is 17.2 Å². The molecule has 86 valence electrons. The average molecular weight is 223 g/mol. The zero-order valence-electron chi connectivity index (χ0n) is 8.68. The molecule has 0 aliphatic heterocycles. The first kappa shape index (κ1) is 11.9. The van der Waals surface area contributed by atoms with Crippen molar-refractivity contribution < 1.29 is 19.4 Å². The van der Waals surface area contributed by atoms with Crippen LogP contribution in [0.4, 0.5) is 0 Å².